The maximum Gasteiger partial charge on any atom is 0.127 e. The zero-order valence-corrected chi connectivity index (χ0v) is 11.7. The van der Waals surface area contributed by atoms with E-state index in [9.17, 15) is 4.79 Å². The third kappa shape index (κ3) is 2.59. The molecule has 1 aromatic rings. The molecule has 4 heteroatoms. The average Bonchev–Trinajstić information content (AvgIpc) is 2.89. The molecule has 0 unspecified atom stereocenters. The van der Waals surface area contributed by atoms with Crippen LogP contribution in [0.4, 0.5) is 0 Å². The van der Waals surface area contributed by atoms with Crippen molar-refractivity contribution in [3.8, 4) is 0 Å². The summed E-state index contributed by atoms with van der Waals surface area (Å²) >= 11 is 0. The molecule has 19 heavy (non-hydrogen) atoms. The molecule has 2 heterocycles. The Hall–Kier alpha value is -1.16. The molecule has 104 valence electrons. The first-order valence-corrected chi connectivity index (χ1v) is 7.39. The molecule has 2 aliphatic rings. The molecule has 0 bridgehead atoms. The van der Waals surface area contributed by atoms with E-state index >= 15 is 0 Å². The molecular weight excluding hydrogens is 238 g/mol. The molecule has 3 rings (SSSR count). The highest BCUT2D eigenvalue weighted by molar-refractivity contribution is 5.60. The lowest BCUT2D eigenvalue weighted by Gasteiger charge is -2.40. The van der Waals surface area contributed by atoms with E-state index in [4.69, 9.17) is 0 Å². The van der Waals surface area contributed by atoms with Crippen LogP contribution in [0.25, 0.3) is 0 Å². The number of imidazole rings is 1. The summed E-state index contributed by atoms with van der Waals surface area (Å²) in [6.07, 6.45) is 9.66. The fourth-order valence-corrected chi connectivity index (χ4v) is 3.45. The summed E-state index contributed by atoms with van der Waals surface area (Å²) in [4.78, 5) is 18.4. The maximum absolute atomic E-state index is 11.6. The molecule has 1 aromatic heterocycles. The summed E-state index contributed by atoms with van der Waals surface area (Å²) in [7, 11) is 0. The Bertz CT molecular complexity index is 446. The standard InChI is InChI=1S/C15H23N3O/c1-13-2-4-15(12-19,5-3-13)11-17-8-9-18-7-6-16-14(18)10-17/h6-7,12-13H,2-5,8-11H2,1H3. The minimum atomic E-state index is -0.0960. The first-order valence-electron chi connectivity index (χ1n) is 7.39. The van der Waals surface area contributed by atoms with Gasteiger partial charge in [-0.05, 0) is 31.6 Å². The minimum Gasteiger partial charge on any atom is -0.333 e. The van der Waals surface area contributed by atoms with E-state index in [-0.39, 0.29) is 5.41 Å². The van der Waals surface area contributed by atoms with Crippen molar-refractivity contribution in [3.63, 3.8) is 0 Å². The van der Waals surface area contributed by atoms with E-state index in [1.54, 1.807) is 0 Å². The van der Waals surface area contributed by atoms with Crippen molar-refractivity contribution >= 4 is 6.29 Å². The first kappa shape index (κ1) is 12.9. The number of hydrogen-bond donors (Lipinski definition) is 0. The van der Waals surface area contributed by atoms with Crippen LogP contribution in [0, 0.1) is 11.3 Å². The second kappa shape index (κ2) is 5.08. The van der Waals surface area contributed by atoms with Gasteiger partial charge in [0.1, 0.15) is 12.1 Å². The molecule has 0 radical (unpaired) electrons. The Kier molecular flexibility index (Phi) is 3.44. The van der Waals surface area contributed by atoms with Crippen molar-refractivity contribution in [1.82, 2.24) is 14.5 Å². The van der Waals surface area contributed by atoms with Gasteiger partial charge >= 0.3 is 0 Å². The maximum atomic E-state index is 11.6. The second-order valence-electron chi connectivity index (χ2n) is 6.41. The molecule has 0 spiro atoms. The predicted octanol–water partition coefficient (Wildman–Crippen LogP) is 2.09. The van der Waals surface area contributed by atoms with Crippen molar-refractivity contribution in [2.24, 2.45) is 11.3 Å². The van der Waals surface area contributed by atoms with E-state index in [1.165, 1.54) is 19.1 Å². The monoisotopic (exact) mass is 261 g/mol. The first-order chi connectivity index (χ1) is 9.21. The number of aldehydes is 1. The quantitative estimate of drug-likeness (QED) is 0.782. The highest BCUT2D eigenvalue weighted by Gasteiger charge is 2.36. The van der Waals surface area contributed by atoms with Crippen LogP contribution < -0.4 is 0 Å². The fraction of sp³-hybridized carbons (Fsp3) is 0.733. The molecule has 0 amide bonds. The molecule has 0 saturated heterocycles. The number of hydrogen-bond acceptors (Lipinski definition) is 3. The Labute approximate surface area is 114 Å². The highest BCUT2D eigenvalue weighted by atomic mass is 16.1. The predicted molar refractivity (Wildman–Crippen MR) is 73.6 cm³/mol. The largest absolute Gasteiger partial charge is 0.333 e. The lowest BCUT2D eigenvalue weighted by molar-refractivity contribution is -0.120. The van der Waals surface area contributed by atoms with Gasteiger partial charge in [-0.3, -0.25) is 4.90 Å². The summed E-state index contributed by atoms with van der Waals surface area (Å²) in [6.45, 7) is 6.13. The lowest BCUT2D eigenvalue weighted by Crippen LogP contribution is -2.44. The van der Waals surface area contributed by atoms with Crippen LogP contribution >= 0.6 is 0 Å². The van der Waals surface area contributed by atoms with Crippen LogP contribution in [-0.4, -0.2) is 33.8 Å². The number of aromatic nitrogens is 2. The Morgan fingerprint density at radius 2 is 2.21 bits per heavy atom. The van der Waals surface area contributed by atoms with Crippen LogP contribution in [0.3, 0.4) is 0 Å². The van der Waals surface area contributed by atoms with E-state index in [0.29, 0.717) is 0 Å². The van der Waals surface area contributed by atoms with Crippen molar-refractivity contribution in [2.75, 3.05) is 13.1 Å². The molecule has 0 N–H and O–H groups in total. The zero-order chi connectivity index (χ0) is 13.3. The Balaban J connectivity index is 1.66. The number of rotatable bonds is 3. The van der Waals surface area contributed by atoms with Crippen LogP contribution in [0.5, 0.6) is 0 Å². The number of fused-ring (bicyclic) bond motifs is 1. The minimum absolute atomic E-state index is 0.0960. The van der Waals surface area contributed by atoms with E-state index in [0.717, 1.165) is 50.8 Å². The van der Waals surface area contributed by atoms with Gasteiger partial charge in [0.15, 0.2) is 0 Å². The third-order valence-corrected chi connectivity index (χ3v) is 4.88. The third-order valence-electron chi connectivity index (χ3n) is 4.88. The Morgan fingerprint density at radius 3 is 2.95 bits per heavy atom. The van der Waals surface area contributed by atoms with Crippen LogP contribution in [0.2, 0.25) is 0 Å². The second-order valence-corrected chi connectivity index (χ2v) is 6.41. The molecule has 1 aliphatic carbocycles. The van der Waals surface area contributed by atoms with Crippen LogP contribution in [-0.2, 0) is 17.9 Å². The van der Waals surface area contributed by atoms with Gasteiger partial charge in [0.2, 0.25) is 0 Å². The van der Waals surface area contributed by atoms with Crippen molar-refractivity contribution in [2.45, 2.75) is 45.7 Å². The van der Waals surface area contributed by atoms with Gasteiger partial charge in [-0.25, -0.2) is 4.98 Å². The van der Waals surface area contributed by atoms with Gasteiger partial charge in [0.05, 0.1) is 6.54 Å². The number of carbonyl (C=O) groups excluding carboxylic acids is 1. The van der Waals surface area contributed by atoms with Gasteiger partial charge in [-0.15, -0.1) is 0 Å². The van der Waals surface area contributed by atoms with E-state index < -0.39 is 0 Å². The van der Waals surface area contributed by atoms with Gasteiger partial charge in [-0.2, -0.15) is 0 Å². The van der Waals surface area contributed by atoms with E-state index in [2.05, 4.69) is 21.4 Å². The molecule has 0 aromatic carbocycles. The molecule has 1 fully saturated rings. The topological polar surface area (TPSA) is 38.1 Å². The van der Waals surface area contributed by atoms with Gasteiger partial charge in [0.25, 0.3) is 0 Å². The van der Waals surface area contributed by atoms with Gasteiger partial charge in [0, 0.05) is 37.4 Å². The molecule has 0 atom stereocenters. The number of carbonyl (C=O) groups is 1. The van der Waals surface area contributed by atoms with Gasteiger partial charge in [-0.1, -0.05) is 6.92 Å². The summed E-state index contributed by atoms with van der Waals surface area (Å²) in [5.41, 5.74) is -0.0960. The number of nitrogens with zero attached hydrogens (tertiary/aromatic N) is 3. The SMILES string of the molecule is CC1CCC(C=O)(CN2CCn3ccnc3C2)CC1. The zero-order valence-electron chi connectivity index (χ0n) is 11.7. The average molecular weight is 261 g/mol. The van der Waals surface area contributed by atoms with Crippen molar-refractivity contribution in [1.29, 1.82) is 0 Å². The fourth-order valence-electron chi connectivity index (χ4n) is 3.45. The molecule has 4 nitrogen and oxygen atoms in total. The smallest absolute Gasteiger partial charge is 0.127 e. The van der Waals surface area contributed by atoms with Crippen LogP contribution in [0.15, 0.2) is 12.4 Å². The summed E-state index contributed by atoms with van der Waals surface area (Å²) in [5.74, 6) is 1.92. The van der Waals surface area contributed by atoms with Crippen LogP contribution in [0.1, 0.15) is 38.4 Å². The Morgan fingerprint density at radius 1 is 1.42 bits per heavy atom. The van der Waals surface area contributed by atoms with Crippen molar-refractivity contribution in [3.05, 3.63) is 18.2 Å². The highest BCUT2D eigenvalue weighted by Crippen LogP contribution is 2.38. The summed E-state index contributed by atoms with van der Waals surface area (Å²) in [6, 6.07) is 0. The molecule has 1 saturated carbocycles. The molecular formula is C15H23N3O. The van der Waals surface area contributed by atoms with Gasteiger partial charge < -0.3 is 9.36 Å². The normalized spacial score (nSPS) is 31.9. The summed E-state index contributed by atoms with van der Waals surface area (Å²) < 4.78 is 2.22. The summed E-state index contributed by atoms with van der Waals surface area (Å²) in [5, 5.41) is 0. The van der Waals surface area contributed by atoms with E-state index in [1.807, 2.05) is 12.4 Å². The van der Waals surface area contributed by atoms with Crippen molar-refractivity contribution < 1.29 is 4.79 Å². The lowest BCUT2D eigenvalue weighted by atomic mass is 9.71. The molecule has 1 aliphatic heterocycles.